The number of ether oxygens (including phenoxy) is 1. The summed E-state index contributed by atoms with van der Waals surface area (Å²) in [7, 11) is 4.15. The van der Waals surface area contributed by atoms with E-state index in [1.54, 1.807) is 0 Å². The van der Waals surface area contributed by atoms with E-state index < -0.39 is 5.54 Å². The molecule has 0 aromatic carbocycles. The van der Waals surface area contributed by atoms with Gasteiger partial charge in [0.2, 0.25) is 0 Å². The number of carbonyl (C=O) groups excluding carboxylic acids is 1. The third kappa shape index (κ3) is 3.42. The molecule has 0 heterocycles. The van der Waals surface area contributed by atoms with Crippen molar-refractivity contribution in [2.45, 2.75) is 51.1 Å². The predicted molar refractivity (Wildman–Crippen MR) is 69.0 cm³/mol. The Morgan fingerprint density at radius 3 is 2.65 bits per heavy atom. The van der Waals surface area contributed by atoms with Crippen molar-refractivity contribution in [1.29, 1.82) is 0 Å². The quantitative estimate of drug-likeness (QED) is 0.715. The van der Waals surface area contributed by atoms with E-state index in [9.17, 15) is 4.79 Å². The molecule has 4 heteroatoms. The average Bonchev–Trinajstić information content (AvgIpc) is 2.72. The van der Waals surface area contributed by atoms with E-state index in [0.717, 1.165) is 32.2 Å². The van der Waals surface area contributed by atoms with E-state index in [2.05, 4.69) is 31.2 Å². The van der Waals surface area contributed by atoms with Crippen molar-refractivity contribution < 1.29 is 9.53 Å². The van der Waals surface area contributed by atoms with Crippen molar-refractivity contribution in [2.75, 3.05) is 27.2 Å². The van der Waals surface area contributed by atoms with Gasteiger partial charge in [-0.1, -0.05) is 6.92 Å². The third-order valence-corrected chi connectivity index (χ3v) is 3.60. The normalized spacial score (nSPS) is 28.6. The minimum Gasteiger partial charge on any atom is -0.465 e. The lowest BCUT2D eigenvalue weighted by atomic mass is 9.97. The fourth-order valence-corrected chi connectivity index (χ4v) is 2.51. The lowest BCUT2D eigenvalue weighted by Gasteiger charge is -2.29. The summed E-state index contributed by atoms with van der Waals surface area (Å²) in [5.74, 6) is -0.0715. The first-order chi connectivity index (χ1) is 8.05. The molecule has 1 aliphatic rings. The Kier molecular flexibility index (Phi) is 5.40. The summed E-state index contributed by atoms with van der Waals surface area (Å²) >= 11 is 0. The van der Waals surface area contributed by atoms with Gasteiger partial charge in [-0.2, -0.15) is 0 Å². The molecular weight excluding hydrogens is 216 g/mol. The number of esters is 1. The van der Waals surface area contributed by atoms with Crippen molar-refractivity contribution in [3.05, 3.63) is 0 Å². The maximum Gasteiger partial charge on any atom is 0.326 e. The minimum atomic E-state index is -0.443. The second kappa shape index (κ2) is 6.36. The van der Waals surface area contributed by atoms with Gasteiger partial charge in [-0.25, -0.2) is 0 Å². The molecule has 0 aromatic heterocycles. The van der Waals surface area contributed by atoms with Crippen LogP contribution in [0.1, 0.15) is 39.5 Å². The monoisotopic (exact) mass is 242 g/mol. The molecule has 100 valence electrons. The fraction of sp³-hybridized carbons (Fsp3) is 0.923. The molecule has 4 nitrogen and oxygen atoms in total. The number of nitrogens with one attached hydrogen (secondary N) is 1. The molecule has 1 aliphatic carbocycles. The smallest absolute Gasteiger partial charge is 0.326 e. The molecule has 0 saturated heterocycles. The van der Waals surface area contributed by atoms with E-state index in [1.165, 1.54) is 0 Å². The van der Waals surface area contributed by atoms with Crippen molar-refractivity contribution in [3.8, 4) is 0 Å². The molecule has 0 spiro atoms. The van der Waals surface area contributed by atoms with Gasteiger partial charge in [-0.3, -0.25) is 4.79 Å². The van der Waals surface area contributed by atoms with E-state index in [1.807, 2.05) is 6.92 Å². The summed E-state index contributed by atoms with van der Waals surface area (Å²) in [6.45, 7) is 5.31. The molecule has 0 aliphatic heterocycles. The molecule has 0 aromatic rings. The SMILES string of the molecule is CCCNC1(C(=O)OCC)CCC(N(C)C)C1. The zero-order valence-electron chi connectivity index (χ0n) is 11.6. The fourth-order valence-electron chi connectivity index (χ4n) is 2.51. The van der Waals surface area contributed by atoms with Crippen molar-refractivity contribution in [2.24, 2.45) is 0 Å². The molecule has 2 atom stereocenters. The van der Waals surface area contributed by atoms with Crippen LogP contribution in [0.15, 0.2) is 0 Å². The summed E-state index contributed by atoms with van der Waals surface area (Å²) in [6, 6.07) is 0.476. The van der Waals surface area contributed by atoms with Gasteiger partial charge in [-0.05, 0) is 53.2 Å². The third-order valence-electron chi connectivity index (χ3n) is 3.60. The minimum absolute atomic E-state index is 0.0715. The number of hydrogen-bond donors (Lipinski definition) is 1. The molecule has 1 N–H and O–H groups in total. The van der Waals surface area contributed by atoms with Crippen LogP contribution in [0.3, 0.4) is 0 Å². The Morgan fingerprint density at radius 1 is 1.47 bits per heavy atom. The Hall–Kier alpha value is -0.610. The summed E-state index contributed by atoms with van der Waals surface area (Å²) in [4.78, 5) is 14.3. The van der Waals surface area contributed by atoms with Crippen LogP contribution in [0.5, 0.6) is 0 Å². The molecule has 0 bridgehead atoms. The van der Waals surface area contributed by atoms with Gasteiger partial charge in [0.05, 0.1) is 6.61 Å². The first kappa shape index (κ1) is 14.5. The maximum atomic E-state index is 12.1. The largest absolute Gasteiger partial charge is 0.465 e. The molecule has 1 fully saturated rings. The molecular formula is C13H26N2O2. The van der Waals surface area contributed by atoms with Crippen LogP contribution in [0.4, 0.5) is 0 Å². The topological polar surface area (TPSA) is 41.6 Å². The van der Waals surface area contributed by atoms with Gasteiger partial charge < -0.3 is 15.0 Å². The summed E-state index contributed by atoms with van der Waals surface area (Å²) in [6.07, 6.45) is 3.84. The van der Waals surface area contributed by atoms with Crippen LogP contribution >= 0.6 is 0 Å². The highest BCUT2D eigenvalue weighted by atomic mass is 16.5. The first-order valence-electron chi connectivity index (χ1n) is 6.64. The van der Waals surface area contributed by atoms with Crippen LogP contribution in [0.2, 0.25) is 0 Å². The second-order valence-electron chi connectivity index (χ2n) is 5.09. The van der Waals surface area contributed by atoms with Gasteiger partial charge in [0, 0.05) is 6.04 Å². The molecule has 1 saturated carbocycles. The zero-order valence-corrected chi connectivity index (χ0v) is 11.6. The van der Waals surface area contributed by atoms with Crippen molar-refractivity contribution in [1.82, 2.24) is 10.2 Å². The lowest BCUT2D eigenvalue weighted by molar-refractivity contribution is -0.151. The average molecular weight is 242 g/mol. The first-order valence-corrected chi connectivity index (χ1v) is 6.64. The summed E-state index contributed by atoms with van der Waals surface area (Å²) in [5, 5.41) is 3.41. The number of carbonyl (C=O) groups is 1. The number of hydrogen-bond acceptors (Lipinski definition) is 4. The van der Waals surface area contributed by atoms with Crippen molar-refractivity contribution >= 4 is 5.97 Å². The van der Waals surface area contributed by atoms with E-state index in [0.29, 0.717) is 12.6 Å². The van der Waals surface area contributed by atoms with Crippen LogP contribution in [-0.4, -0.2) is 49.7 Å². The van der Waals surface area contributed by atoms with Gasteiger partial charge >= 0.3 is 5.97 Å². The Balaban J connectivity index is 2.71. The molecule has 1 rings (SSSR count). The van der Waals surface area contributed by atoms with Crippen LogP contribution in [-0.2, 0) is 9.53 Å². The van der Waals surface area contributed by atoms with Gasteiger partial charge in [0.25, 0.3) is 0 Å². The maximum absolute atomic E-state index is 12.1. The van der Waals surface area contributed by atoms with E-state index >= 15 is 0 Å². The number of nitrogens with zero attached hydrogens (tertiary/aromatic N) is 1. The standard InChI is InChI=1S/C13H26N2O2/c1-5-9-14-13(12(16)17-6-2)8-7-11(10-13)15(3)4/h11,14H,5-10H2,1-4H3. The predicted octanol–water partition coefficient (Wildman–Crippen LogP) is 1.40. The molecule has 0 radical (unpaired) electrons. The van der Waals surface area contributed by atoms with Crippen LogP contribution in [0, 0.1) is 0 Å². The lowest BCUT2D eigenvalue weighted by Crippen LogP contribution is -2.52. The van der Waals surface area contributed by atoms with Gasteiger partial charge in [-0.15, -0.1) is 0 Å². The highest BCUT2D eigenvalue weighted by Gasteiger charge is 2.46. The summed E-state index contributed by atoms with van der Waals surface area (Å²) < 4.78 is 5.23. The molecule has 2 unspecified atom stereocenters. The number of rotatable bonds is 6. The van der Waals surface area contributed by atoms with Crippen LogP contribution < -0.4 is 5.32 Å². The highest BCUT2D eigenvalue weighted by molar-refractivity contribution is 5.81. The van der Waals surface area contributed by atoms with Crippen LogP contribution in [0.25, 0.3) is 0 Å². The van der Waals surface area contributed by atoms with Gasteiger partial charge in [0.1, 0.15) is 5.54 Å². The Morgan fingerprint density at radius 2 is 2.18 bits per heavy atom. The summed E-state index contributed by atoms with van der Waals surface area (Å²) in [5.41, 5.74) is -0.443. The zero-order chi connectivity index (χ0) is 12.9. The molecule has 17 heavy (non-hydrogen) atoms. The molecule has 0 amide bonds. The highest BCUT2D eigenvalue weighted by Crippen LogP contribution is 2.33. The second-order valence-corrected chi connectivity index (χ2v) is 5.09. The van der Waals surface area contributed by atoms with E-state index in [-0.39, 0.29) is 5.97 Å². The van der Waals surface area contributed by atoms with Crippen molar-refractivity contribution in [3.63, 3.8) is 0 Å². The van der Waals surface area contributed by atoms with E-state index in [4.69, 9.17) is 4.74 Å². The Labute approximate surface area is 105 Å². The van der Waals surface area contributed by atoms with Gasteiger partial charge in [0.15, 0.2) is 0 Å². The Bertz CT molecular complexity index is 256.